The van der Waals surface area contributed by atoms with E-state index >= 15 is 0 Å². The first kappa shape index (κ1) is 18.2. The monoisotopic (exact) mass is 396 g/mol. The summed E-state index contributed by atoms with van der Waals surface area (Å²) in [6, 6.07) is 8.67. The van der Waals surface area contributed by atoms with E-state index in [0.29, 0.717) is 21.9 Å². The Morgan fingerprint density at radius 1 is 1.23 bits per heavy atom. The van der Waals surface area contributed by atoms with Gasteiger partial charge in [0, 0.05) is 16.3 Å². The van der Waals surface area contributed by atoms with E-state index in [0.717, 1.165) is 12.3 Å². The van der Waals surface area contributed by atoms with Crippen molar-refractivity contribution in [2.45, 2.75) is 0 Å². The summed E-state index contributed by atoms with van der Waals surface area (Å²) in [7, 11) is -3.65. The molecule has 0 bridgehead atoms. The third-order valence-corrected chi connectivity index (χ3v) is 4.32. The molecule has 6 nitrogen and oxygen atoms in total. The van der Waals surface area contributed by atoms with Gasteiger partial charge in [0.05, 0.1) is 17.5 Å². The zero-order chi connectivity index (χ0) is 18.9. The molecule has 1 aliphatic rings. The van der Waals surface area contributed by atoms with E-state index in [1.807, 2.05) is 0 Å². The summed E-state index contributed by atoms with van der Waals surface area (Å²) in [4.78, 5) is 12.4. The predicted molar refractivity (Wildman–Crippen MR) is 98.4 cm³/mol. The zero-order valence-electron chi connectivity index (χ0n) is 13.5. The highest BCUT2D eigenvalue weighted by Crippen LogP contribution is 2.29. The van der Waals surface area contributed by atoms with Gasteiger partial charge >= 0.3 is 0 Å². The summed E-state index contributed by atoms with van der Waals surface area (Å²) < 4.78 is 43.8. The lowest BCUT2D eigenvalue weighted by Crippen LogP contribution is -2.21. The number of carbonyl (C=O) groups is 1. The number of anilines is 2. The van der Waals surface area contributed by atoms with Gasteiger partial charge in [0.15, 0.2) is 0 Å². The van der Waals surface area contributed by atoms with Crippen molar-refractivity contribution in [1.29, 1.82) is 0 Å². The Morgan fingerprint density at radius 3 is 2.73 bits per heavy atom. The number of rotatable bonds is 4. The second-order valence-electron chi connectivity index (χ2n) is 5.66. The molecule has 0 unspecified atom stereocenters. The number of nitrogens with one attached hydrogen (secondary N) is 2. The molecule has 136 valence electrons. The second-order valence-corrected chi connectivity index (χ2v) is 7.85. The molecular formula is C17H14ClFN2O4S. The number of fused-ring (bicyclic) bond motifs is 1. The lowest BCUT2D eigenvalue weighted by atomic mass is 10.1. The van der Waals surface area contributed by atoms with E-state index in [4.69, 9.17) is 16.3 Å². The van der Waals surface area contributed by atoms with Gasteiger partial charge in [-0.25, -0.2) is 12.8 Å². The van der Waals surface area contributed by atoms with Crippen molar-refractivity contribution >= 4 is 45.0 Å². The number of carbonyl (C=O) groups excluding carboxylic acids is 1. The first-order chi connectivity index (χ1) is 12.2. The highest BCUT2D eigenvalue weighted by atomic mass is 35.5. The van der Waals surface area contributed by atoms with Crippen LogP contribution in [-0.2, 0) is 14.8 Å². The van der Waals surface area contributed by atoms with E-state index in [1.54, 1.807) is 24.3 Å². The molecule has 2 N–H and O–H groups in total. The Bertz CT molecular complexity index is 1020. The fourth-order valence-electron chi connectivity index (χ4n) is 2.37. The molecule has 0 aliphatic carbocycles. The maximum absolute atomic E-state index is 13.7. The Balaban J connectivity index is 1.81. The van der Waals surface area contributed by atoms with Crippen LogP contribution in [0.2, 0.25) is 5.02 Å². The van der Waals surface area contributed by atoms with Crippen molar-refractivity contribution < 1.29 is 22.3 Å². The minimum Gasteiger partial charge on any atom is -0.488 e. The van der Waals surface area contributed by atoms with Crippen LogP contribution >= 0.6 is 11.6 Å². The molecule has 26 heavy (non-hydrogen) atoms. The number of ether oxygens (including phenoxy) is 1. The topological polar surface area (TPSA) is 84.5 Å². The van der Waals surface area contributed by atoms with E-state index in [2.05, 4.69) is 10.0 Å². The van der Waals surface area contributed by atoms with E-state index in [-0.39, 0.29) is 18.0 Å². The molecule has 2 aromatic rings. The molecule has 3 rings (SSSR count). The normalized spacial score (nSPS) is 13.3. The Labute approximate surface area is 154 Å². The van der Waals surface area contributed by atoms with Gasteiger partial charge in [-0.05, 0) is 42.5 Å². The molecule has 0 spiro atoms. The number of benzene rings is 2. The van der Waals surface area contributed by atoms with Gasteiger partial charge in [-0.1, -0.05) is 11.6 Å². The van der Waals surface area contributed by atoms with Crippen LogP contribution in [0.1, 0.15) is 5.56 Å². The Kier molecular flexibility index (Phi) is 4.88. The number of halogens is 2. The average molecular weight is 397 g/mol. The molecule has 0 fully saturated rings. The smallest absolute Gasteiger partial charge is 0.255 e. The fraction of sp³-hybridized carbons (Fsp3) is 0.118. The zero-order valence-corrected chi connectivity index (χ0v) is 15.1. The van der Waals surface area contributed by atoms with Crippen molar-refractivity contribution in [3.05, 3.63) is 58.4 Å². The molecule has 0 saturated heterocycles. The molecule has 1 amide bonds. The molecule has 1 heterocycles. The SMILES string of the molecule is CS(=O)(=O)Nc1cc(NC(=O)C2=Cc3cc(Cl)ccc3OC2)ccc1F. The Morgan fingerprint density at radius 2 is 2.00 bits per heavy atom. The van der Waals surface area contributed by atoms with Crippen LogP contribution < -0.4 is 14.8 Å². The number of hydrogen-bond donors (Lipinski definition) is 2. The predicted octanol–water partition coefficient (Wildman–Crippen LogP) is 3.27. The largest absolute Gasteiger partial charge is 0.488 e. The molecule has 0 saturated carbocycles. The van der Waals surface area contributed by atoms with Gasteiger partial charge in [0.25, 0.3) is 5.91 Å². The maximum Gasteiger partial charge on any atom is 0.255 e. The molecule has 0 aromatic heterocycles. The van der Waals surface area contributed by atoms with Gasteiger partial charge in [-0.2, -0.15) is 0 Å². The average Bonchev–Trinajstić information content (AvgIpc) is 2.56. The lowest BCUT2D eigenvalue weighted by molar-refractivity contribution is -0.113. The number of amides is 1. The van der Waals surface area contributed by atoms with Gasteiger partial charge in [0.1, 0.15) is 18.2 Å². The first-order valence-corrected chi connectivity index (χ1v) is 9.70. The minimum absolute atomic E-state index is 0.0656. The van der Waals surface area contributed by atoms with Crippen LogP contribution in [0.15, 0.2) is 42.0 Å². The Hall–Kier alpha value is -2.58. The summed E-state index contributed by atoms with van der Waals surface area (Å²) in [5.74, 6) is -0.586. The number of hydrogen-bond acceptors (Lipinski definition) is 4. The van der Waals surface area contributed by atoms with Crippen LogP contribution in [0, 0.1) is 5.82 Å². The van der Waals surface area contributed by atoms with Crippen LogP contribution in [-0.4, -0.2) is 27.2 Å². The van der Waals surface area contributed by atoms with E-state index in [9.17, 15) is 17.6 Å². The van der Waals surface area contributed by atoms with Gasteiger partial charge < -0.3 is 10.1 Å². The lowest BCUT2D eigenvalue weighted by Gasteiger charge is -2.18. The van der Waals surface area contributed by atoms with Crippen molar-refractivity contribution in [2.24, 2.45) is 0 Å². The number of sulfonamides is 1. The quantitative estimate of drug-likeness (QED) is 0.830. The molecule has 9 heteroatoms. The van der Waals surface area contributed by atoms with E-state index < -0.39 is 21.7 Å². The highest BCUT2D eigenvalue weighted by Gasteiger charge is 2.18. The molecule has 2 aromatic carbocycles. The van der Waals surface area contributed by atoms with Crippen LogP contribution in [0.5, 0.6) is 5.75 Å². The summed E-state index contributed by atoms with van der Waals surface area (Å²) in [6.07, 6.45) is 2.56. The van der Waals surface area contributed by atoms with Crippen molar-refractivity contribution in [3.8, 4) is 5.75 Å². The van der Waals surface area contributed by atoms with Gasteiger partial charge in [-0.15, -0.1) is 0 Å². The van der Waals surface area contributed by atoms with Crippen LogP contribution in [0.4, 0.5) is 15.8 Å². The summed E-state index contributed by atoms with van der Waals surface area (Å²) in [5, 5.41) is 3.10. The molecule has 1 aliphatic heterocycles. The first-order valence-electron chi connectivity index (χ1n) is 7.43. The van der Waals surface area contributed by atoms with Crippen LogP contribution in [0.3, 0.4) is 0 Å². The summed E-state index contributed by atoms with van der Waals surface area (Å²) in [5.41, 5.74) is 1.01. The maximum atomic E-state index is 13.7. The standard InChI is InChI=1S/C17H14ClFN2O4S/c1-26(23,24)21-15-8-13(3-4-14(15)19)20-17(22)11-6-10-7-12(18)2-5-16(10)25-9-11/h2-8,21H,9H2,1H3,(H,20,22). The highest BCUT2D eigenvalue weighted by molar-refractivity contribution is 7.92. The van der Waals surface area contributed by atoms with E-state index in [1.165, 1.54) is 12.1 Å². The second kappa shape index (κ2) is 6.97. The van der Waals surface area contributed by atoms with Crippen molar-refractivity contribution in [2.75, 3.05) is 22.9 Å². The third kappa shape index (κ3) is 4.33. The third-order valence-electron chi connectivity index (χ3n) is 3.50. The van der Waals surface area contributed by atoms with Crippen LogP contribution in [0.25, 0.3) is 6.08 Å². The molecule has 0 atom stereocenters. The van der Waals surface area contributed by atoms with Crippen molar-refractivity contribution in [3.63, 3.8) is 0 Å². The fourth-order valence-corrected chi connectivity index (χ4v) is 3.11. The van der Waals surface area contributed by atoms with Gasteiger partial charge in [-0.3, -0.25) is 9.52 Å². The molecule has 0 radical (unpaired) electrons. The summed E-state index contributed by atoms with van der Waals surface area (Å²) >= 11 is 5.94. The van der Waals surface area contributed by atoms with Crippen molar-refractivity contribution in [1.82, 2.24) is 0 Å². The summed E-state index contributed by atoms with van der Waals surface area (Å²) in [6.45, 7) is 0.0656. The van der Waals surface area contributed by atoms with Gasteiger partial charge in [0.2, 0.25) is 10.0 Å². The molecular weight excluding hydrogens is 383 g/mol. The minimum atomic E-state index is -3.65.